The quantitative estimate of drug-likeness (QED) is 0.385. The van der Waals surface area contributed by atoms with E-state index in [1.807, 2.05) is 0 Å². The minimum Gasteiger partial charge on any atom is -0.339 e. The Morgan fingerprint density at radius 3 is 2.36 bits per heavy atom. The third-order valence-corrected chi connectivity index (χ3v) is 7.27. The van der Waals surface area contributed by atoms with Crippen molar-refractivity contribution in [1.82, 2.24) is 4.90 Å². The van der Waals surface area contributed by atoms with Gasteiger partial charge in [0.25, 0.3) is 0 Å². The van der Waals surface area contributed by atoms with Gasteiger partial charge in [-0.25, -0.2) is 0 Å². The summed E-state index contributed by atoms with van der Waals surface area (Å²) in [5.41, 5.74) is 0. The smallest absolute Gasteiger partial charge is 0.222 e. The van der Waals surface area contributed by atoms with E-state index in [0.717, 1.165) is 37.6 Å². The van der Waals surface area contributed by atoms with Crippen LogP contribution in [0.5, 0.6) is 0 Å². The van der Waals surface area contributed by atoms with Crippen LogP contribution in [0.4, 0.5) is 0 Å². The van der Waals surface area contributed by atoms with Crippen LogP contribution in [-0.2, 0) is 4.79 Å². The molecule has 1 saturated heterocycles. The molecule has 0 aromatic carbocycles. The molecule has 0 aromatic rings. The van der Waals surface area contributed by atoms with E-state index in [2.05, 4.69) is 4.90 Å². The molecular weight excluding hydrogens is 326 g/mol. The predicted molar refractivity (Wildman–Crippen MR) is 109 cm³/mol. The summed E-state index contributed by atoms with van der Waals surface area (Å²) >= 11 is 5.58. The third-order valence-electron chi connectivity index (χ3n) is 6.90. The average Bonchev–Trinajstić information content (AvgIpc) is 3.13. The lowest BCUT2D eigenvalue weighted by Gasteiger charge is -2.44. The number of fused-ring (bicyclic) bond motifs is 1. The zero-order chi connectivity index (χ0) is 17.5. The minimum absolute atomic E-state index is 0.435. The van der Waals surface area contributed by atoms with Gasteiger partial charge in [-0.05, 0) is 68.1 Å². The van der Waals surface area contributed by atoms with E-state index in [1.54, 1.807) is 0 Å². The van der Waals surface area contributed by atoms with Gasteiger partial charge in [0, 0.05) is 19.0 Å². The zero-order valence-corrected chi connectivity index (χ0v) is 16.8. The molecule has 3 rings (SSSR count). The molecule has 0 spiro atoms. The van der Waals surface area contributed by atoms with E-state index < -0.39 is 0 Å². The van der Waals surface area contributed by atoms with Crippen LogP contribution in [0, 0.1) is 11.8 Å². The molecule has 0 N–H and O–H groups in total. The molecule has 25 heavy (non-hydrogen) atoms. The Hall–Kier alpha value is -0.440. The molecule has 3 heteroatoms. The maximum atomic E-state index is 12.7. The number of nitrogens with zero attached hydrogens (tertiary/aromatic N) is 1. The number of carbonyl (C=O) groups is 1. The molecule has 2 atom stereocenters. The molecule has 2 nitrogen and oxygen atoms in total. The normalized spacial score (nSPS) is 27.3. The number of hydrogen-bond donors (Lipinski definition) is 0. The van der Waals surface area contributed by atoms with Crippen molar-refractivity contribution in [3.8, 4) is 0 Å². The number of thiocarbonyl (C=S) groups is 1. The second-order valence-corrected chi connectivity index (χ2v) is 9.37. The Labute approximate surface area is 160 Å². The molecule has 2 aliphatic carbocycles. The summed E-state index contributed by atoms with van der Waals surface area (Å²) in [6.07, 6.45) is 20.0. The summed E-state index contributed by atoms with van der Waals surface area (Å²) in [6.45, 7) is 1.02. The Morgan fingerprint density at radius 2 is 1.52 bits per heavy atom. The van der Waals surface area contributed by atoms with Crippen molar-refractivity contribution in [1.29, 1.82) is 0 Å². The van der Waals surface area contributed by atoms with Gasteiger partial charge in [0.2, 0.25) is 5.91 Å². The highest BCUT2D eigenvalue weighted by atomic mass is 32.1. The average molecular weight is 364 g/mol. The first-order chi connectivity index (χ1) is 12.2. The number of rotatable bonds is 8. The van der Waals surface area contributed by atoms with E-state index in [0.29, 0.717) is 11.9 Å². The summed E-state index contributed by atoms with van der Waals surface area (Å²) in [5, 5.41) is 0. The van der Waals surface area contributed by atoms with Gasteiger partial charge in [0.05, 0.1) is 0 Å². The van der Waals surface area contributed by atoms with Crippen molar-refractivity contribution in [2.24, 2.45) is 11.8 Å². The van der Waals surface area contributed by atoms with Crippen molar-refractivity contribution in [2.45, 2.75) is 109 Å². The number of hydrogen-bond acceptors (Lipinski definition) is 2. The molecular formula is C22H37NOS. The Kier molecular flexibility index (Phi) is 7.76. The summed E-state index contributed by atoms with van der Waals surface area (Å²) < 4.78 is 0. The summed E-state index contributed by atoms with van der Waals surface area (Å²) in [5.74, 6) is 2.13. The lowest BCUT2D eigenvalue weighted by Crippen LogP contribution is -2.49. The van der Waals surface area contributed by atoms with Gasteiger partial charge >= 0.3 is 0 Å². The number of piperidine rings is 1. The van der Waals surface area contributed by atoms with E-state index in [1.165, 1.54) is 88.3 Å². The molecule has 2 saturated carbocycles. The summed E-state index contributed by atoms with van der Waals surface area (Å²) in [7, 11) is 0. The molecule has 3 fully saturated rings. The van der Waals surface area contributed by atoms with Crippen LogP contribution in [0.15, 0.2) is 0 Å². The monoisotopic (exact) mass is 363 g/mol. The highest BCUT2D eigenvalue weighted by molar-refractivity contribution is 7.80. The highest BCUT2D eigenvalue weighted by Gasteiger charge is 2.35. The molecule has 0 aromatic heterocycles. The highest BCUT2D eigenvalue weighted by Crippen LogP contribution is 2.35. The summed E-state index contributed by atoms with van der Waals surface area (Å²) in [4.78, 5) is 16.2. The van der Waals surface area contributed by atoms with Crippen LogP contribution in [0.3, 0.4) is 0 Å². The van der Waals surface area contributed by atoms with Crippen molar-refractivity contribution >= 4 is 23.0 Å². The molecule has 142 valence electrons. The fourth-order valence-electron chi connectivity index (χ4n) is 5.49. The molecule has 1 heterocycles. The number of amides is 1. The first kappa shape index (κ1) is 19.3. The van der Waals surface area contributed by atoms with E-state index in [9.17, 15) is 4.79 Å². The SMILES string of the molecule is O=C(CCCCCC(=S)CC1CCCC1)N1CCCC2CCCCC21. The van der Waals surface area contributed by atoms with Crippen LogP contribution in [0.1, 0.15) is 103 Å². The molecule has 0 radical (unpaired) electrons. The Bertz CT molecular complexity index is 441. The fourth-order valence-corrected chi connectivity index (χ4v) is 5.87. The first-order valence-electron chi connectivity index (χ1n) is 11.0. The topological polar surface area (TPSA) is 20.3 Å². The largest absolute Gasteiger partial charge is 0.339 e. The lowest BCUT2D eigenvalue weighted by atomic mass is 9.78. The molecule has 0 bridgehead atoms. The lowest BCUT2D eigenvalue weighted by molar-refractivity contribution is -0.137. The zero-order valence-electron chi connectivity index (χ0n) is 16.0. The number of carbonyl (C=O) groups excluding carboxylic acids is 1. The van der Waals surface area contributed by atoms with E-state index in [4.69, 9.17) is 12.2 Å². The summed E-state index contributed by atoms with van der Waals surface area (Å²) in [6, 6.07) is 0.578. The maximum absolute atomic E-state index is 12.7. The fraction of sp³-hybridized carbons (Fsp3) is 0.909. The Balaban J connectivity index is 1.29. The predicted octanol–water partition coefficient (Wildman–Crippen LogP) is 6.07. The second kappa shape index (κ2) is 10.0. The molecule has 3 aliphatic rings. The first-order valence-corrected chi connectivity index (χ1v) is 11.5. The van der Waals surface area contributed by atoms with Gasteiger partial charge < -0.3 is 4.90 Å². The standard InChI is InChI=1S/C22H37NOS/c24-22(23-16-8-12-19-11-6-7-14-21(19)23)15-3-1-2-13-20(25)17-18-9-4-5-10-18/h18-19,21H,1-17H2. The Morgan fingerprint density at radius 1 is 0.840 bits per heavy atom. The molecule has 1 amide bonds. The number of unbranched alkanes of at least 4 members (excludes halogenated alkanes) is 2. The molecule has 1 aliphatic heterocycles. The van der Waals surface area contributed by atoms with Gasteiger partial charge in [-0.1, -0.05) is 57.2 Å². The van der Waals surface area contributed by atoms with Crippen molar-refractivity contribution in [3.05, 3.63) is 0 Å². The van der Waals surface area contributed by atoms with Crippen LogP contribution in [0.2, 0.25) is 0 Å². The van der Waals surface area contributed by atoms with Crippen molar-refractivity contribution in [2.75, 3.05) is 6.54 Å². The minimum atomic E-state index is 0.435. The van der Waals surface area contributed by atoms with Gasteiger partial charge in [0.15, 0.2) is 0 Å². The maximum Gasteiger partial charge on any atom is 0.222 e. The molecule has 2 unspecified atom stereocenters. The van der Waals surface area contributed by atoms with E-state index >= 15 is 0 Å². The van der Waals surface area contributed by atoms with Crippen molar-refractivity contribution < 1.29 is 4.79 Å². The van der Waals surface area contributed by atoms with Crippen molar-refractivity contribution in [3.63, 3.8) is 0 Å². The van der Waals surface area contributed by atoms with Crippen LogP contribution >= 0.6 is 12.2 Å². The third kappa shape index (κ3) is 5.77. The van der Waals surface area contributed by atoms with Crippen LogP contribution in [-0.4, -0.2) is 28.3 Å². The van der Waals surface area contributed by atoms with Gasteiger partial charge in [-0.15, -0.1) is 0 Å². The van der Waals surface area contributed by atoms with Crippen LogP contribution in [0.25, 0.3) is 0 Å². The number of likely N-dealkylation sites (tertiary alicyclic amines) is 1. The van der Waals surface area contributed by atoms with Gasteiger partial charge in [-0.3, -0.25) is 4.79 Å². The van der Waals surface area contributed by atoms with Crippen LogP contribution < -0.4 is 0 Å². The second-order valence-electron chi connectivity index (χ2n) is 8.80. The van der Waals surface area contributed by atoms with Gasteiger partial charge in [0.1, 0.15) is 0 Å². The van der Waals surface area contributed by atoms with Gasteiger partial charge in [-0.2, -0.15) is 0 Å². The van der Waals surface area contributed by atoms with E-state index in [-0.39, 0.29) is 0 Å².